The molecule has 0 bridgehead atoms. The lowest BCUT2D eigenvalue weighted by Gasteiger charge is -2.27. The summed E-state index contributed by atoms with van der Waals surface area (Å²) < 4.78 is 11.7. The molecule has 2 rings (SSSR count). The number of nitrogens with zero attached hydrogens (tertiary/aromatic N) is 2. The molecule has 140 valence electrons. The van der Waals surface area contributed by atoms with Gasteiger partial charge in [0, 0.05) is 12.6 Å². The molecule has 0 fully saturated rings. The van der Waals surface area contributed by atoms with Crippen molar-refractivity contribution in [3.63, 3.8) is 0 Å². The molecule has 2 unspecified atom stereocenters. The fourth-order valence-corrected chi connectivity index (χ4v) is 2.90. The monoisotopic (exact) mass is 348 g/mol. The van der Waals surface area contributed by atoms with Gasteiger partial charge in [-0.05, 0) is 39.1 Å². The Morgan fingerprint density at radius 3 is 2.60 bits per heavy atom. The Balaban J connectivity index is 1.86. The first-order valence-corrected chi connectivity index (χ1v) is 9.32. The van der Waals surface area contributed by atoms with E-state index < -0.39 is 0 Å². The first-order chi connectivity index (χ1) is 12.2. The minimum Gasteiger partial charge on any atom is -0.486 e. The topological polar surface area (TPSA) is 58.1 Å². The van der Waals surface area contributed by atoms with Gasteiger partial charge >= 0.3 is 0 Å². The van der Waals surface area contributed by atoms with E-state index >= 15 is 0 Å². The van der Waals surface area contributed by atoms with Gasteiger partial charge in [0.1, 0.15) is 12.7 Å². The van der Waals surface area contributed by atoms with Crippen LogP contribution in [0.25, 0.3) is 0 Å². The minimum absolute atomic E-state index is 0.0287. The van der Waals surface area contributed by atoms with Gasteiger partial charge in [0.15, 0.2) is 17.5 Å². The van der Waals surface area contributed by atoms with Crippen molar-refractivity contribution in [1.82, 2.24) is 15.5 Å². The van der Waals surface area contributed by atoms with Gasteiger partial charge < -0.3 is 20.1 Å². The van der Waals surface area contributed by atoms with Crippen molar-refractivity contribution in [2.24, 2.45) is 4.99 Å². The van der Waals surface area contributed by atoms with Gasteiger partial charge in [-0.1, -0.05) is 26.0 Å². The highest BCUT2D eigenvalue weighted by molar-refractivity contribution is 5.79. The predicted molar refractivity (Wildman–Crippen MR) is 103 cm³/mol. The number of fused-ring (bicyclic) bond motifs is 1. The number of likely N-dealkylation sites (N-methyl/N-ethyl adjacent to an activating group) is 1. The SMILES string of the molecule is CCNC(=NCC(C)N(CC)CC)NCC1COc2ccccc2O1. The van der Waals surface area contributed by atoms with Crippen molar-refractivity contribution in [1.29, 1.82) is 0 Å². The molecule has 2 N–H and O–H groups in total. The van der Waals surface area contributed by atoms with E-state index in [1.807, 2.05) is 24.3 Å². The Morgan fingerprint density at radius 2 is 1.92 bits per heavy atom. The molecular weight excluding hydrogens is 316 g/mol. The van der Waals surface area contributed by atoms with Crippen LogP contribution in [0.5, 0.6) is 11.5 Å². The molecular formula is C19H32N4O2. The molecule has 1 aliphatic heterocycles. The molecule has 0 aliphatic carbocycles. The number of benzene rings is 1. The summed E-state index contributed by atoms with van der Waals surface area (Å²) in [7, 11) is 0. The van der Waals surface area contributed by atoms with Gasteiger partial charge in [-0.15, -0.1) is 0 Å². The molecule has 1 aromatic carbocycles. The van der Waals surface area contributed by atoms with Crippen LogP contribution in [0.3, 0.4) is 0 Å². The van der Waals surface area contributed by atoms with E-state index in [0.29, 0.717) is 19.2 Å². The number of guanidine groups is 1. The summed E-state index contributed by atoms with van der Waals surface area (Å²) in [5, 5.41) is 6.66. The van der Waals surface area contributed by atoms with Crippen LogP contribution >= 0.6 is 0 Å². The standard InChI is InChI=1S/C19H32N4O2/c1-5-20-19(21-12-15(4)23(6-2)7-3)22-13-16-14-24-17-10-8-9-11-18(17)25-16/h8-11,15-16H,5-7,12-14H2,1-4H3,(H2,20,21,22). The smallest absolute Gasteiger partial charge is 0.191 e. The van der Waals surface area contributed by atoms with Crippen molar-refractivity contribution in [2.45, 2.75) is 39.8 Å². The summed E-state index contributed by atoms with van der Waals surface area (Å²) in [5.41, 5.74) is 0. The number of para-hydroxylation sites is 2. The Bertz CT molecular complexity index is 546. The molecule has 0 aromatic heterocycles. The maximum absolute atomic E-state index is 5.98. The quantitative estimate of drug-likeness (QED) is 0.557. The molecule has 1 heterocycles. The Kier molecular flexibility index (Phi) is 7.85. The first-order valence-electron chi connectivity index (χ1n) is 9.32. The lowest BCUT2D eigenvalue weighted by Crippen LogP contribution is -2.46. The minimum atomic E-state index is -0.0287. The van der Waals surface area contributed by atoms with Gasteiger partial charge in [0.05, 0.1) is 13.1 Å². The average Bonchev–Trinajstić information content (AvgIpc) is 2.64. The lowest BCUT2D eigenvalue weighted by atomic mass is 10.2. The zero-order chi connectivity index (χ0) is 18.1. The van der Waals surface area contributed by atoms with E-state index in [2.05, 4.69) is 43.2 Å². The summed E-state index contributed by atoms with van der Waals surface area (Å²) in [6.45, 7) is 13.5. The van der Waals surface area contributed by atoms with E-state index in [0.717, 1.165) is 43.6 Å². The van der Waals surface area contributed by atoms with Crippen molar-refractivity contribution in [3.05, 3.63) is 24.3 Å². The van der Waals surface area contributed by atoms with Crippen LogP contribution in [-0.2, 0) is 0 Å². The largest absolute Gasteiger partial charge is 0.486 e. The third kappa shape index (κ3) is 5.81. The zero-order valence-corrected chi connectivity index (χ0v) is 15.9. The molecule has 6 nitrogen and oxygen atoms in total. The van der Waals surface area contributed by atoms with E-state index in [-0.39, 0.29) is 6.10 Å². The number of rotatable bonds is 8. The van der Waals surface area contributed by atoms with Crippen molar-refractivity contribution < 1.29 is 9.47 Å². The van der Waals surface area contributed by atoms with Crippen LogP contribution in [0.4, 0.5) is 0 Å². The molecule has 6 heteroatoms. The van der Waals surface area contributed by atoms with Gasteiger partial charge in [-0.3, -0.25) is 9.89 Å². The second-order valence-electron chi connectivity index (χ2n) is 6.17. The normalized spacial score (nSPS) is 18.1. The highest BCUT2D eigenvalue weighted by Gasteiger charge is 2.20. The fourth-order valence-electron chi connectivity index (χ4n) is 2.90. The summed E-state index contributed by atoms with van der Waals surface area (Å²) in [6.07, 6.45) is -0.0287. The maximum atomic E-state index is 5.98. The number of hydrogen-bond donors (Lipinski definition) is 2. The van der Waals surface area contributed by atoms with Crippen molar-refractivity contribution in [3.8, 4) is 11.5 Å². The Labute approximate surface area is 151 Å². The van der Waals surface area contributed by atoms with E-state index in [9.17, 15) is 0 Å². The van der Waals surface area contributed by atoms with Crippen molar-refractivity contribution in [2.75, 3.05) is 39.3 Å². The molecule has 0 radical (unpaired) electrons. The molecule has 2 atom stereocenters. The van der Waals surface area contributed by atoms with Gasteiger partial charge in [0.2, 0.25) is 0 Å². The Hall–Kier alpha value is -1.95. The summed E-state index contributed by atoms with van der Waals surface area (Å²) >= 11 is 0. The number of aliphatic imine (C=N–C) groups is 1. The zero-order valence-electron chi connectivity index (χ0n) is 15.9. The van der Waals surface area contributed by atoms with Crippen LogP contribution in [0.2, 0.25) is 0 Å². The molecule has 0 amide bonds. The summed E-state index contributed by atoms with van der Waals surface area (Å²) in [4.78, 5) is 7.12. The van der Waals surface area contributed by atoms with Gasteiger partial charge in [-0.25, -0.2) is 0 Å². The van der Waals surface area contributed by atoms with Crippen LogP contribution in [0.15, 0.2) is 29.3 Å². The van der Waals surface area contributed by atoms with Gasteiger partial charge in [-0.2, -0.15) is 0 Å². The highest BCUT2D eigenvalue weighted by atomic mass is 16.6. The molecule has 1 aliphatic rings. The molecule has 25 heavy (non-hydrogen) atoms. The van der Waals surface area contributed by atoms with Gasteiger partial charge in [0.25, 0.3) is 0 Å². The third-order valence-electron chi connectivity index (χ3n) is 4.36. The van der Waals surface area contributed by atoms with E-state index in [1.54, 1.807) is 0 Å². The van der Waals surface area contributed by atoms with E-state index in [1.165, 1.54) is 0 Å². The summed E-state index contributed by atoms with van der Waals surface area (Å²) in [5.74, 6) is 2.44. The lowest BCUT2D eigenvalue weighted by molar-refractivity contribution is 0.0936. The van der Waals surface area contributed by atoms with Crippen LogP contribution < -0.4 is 20.1 Å². The van der Waals surface area contributed by atoms with Crippen LogP contribution in [0, 0.1) is 0 Å². The first kappa shape index (κ1) is 19.4. The average molecular weight is 348 g/mol. The molecule has 1 aromatic rings. The maximum Gasteiger partial charge on any atom is 0.191 e. The second-order valence-corrected chi connectivity index (χ2v) is 6.17. The highest BCUT2D eigenvalue weighted by Crippen LogP contribution is 2.30. The molecule has 0 saturated carbocycles. The molecule has 0 spiro atoms. The Morgan fingerprint density at radius 1 is 1.20 bits per heavy atom. The summed E-state index contributed by atoms with van der Waals surface area (Å²) in [6, 6.07) is 8.20. The third-order valence-corrected chi connectivity index (χ3v) is 4.36. The number of ether oxygens (including phenoxy) is 2. The van der Waals surface area contributed by atoms with E-state index in [4.69, 9.17) is 14.5 Å². The predicted octanol–water partition coefficient (Wildman–Crippen LogP) is 2.11. The number of nitrogens with one attached hydrogen (secondary N) is 2. The number of hydrogen-bond acceptors (Lipinski definition) is 4. The van der Waals surface area contributed by atoms with Crippen LogP contribution in [-0.4, -0.2) is 62.3 Å². The second kappa shape index (κ2) is 10.1. The van der Waals surface area contributed by atoms with Crippen LogP contribution in [0.1, 0.15) is 27.7 Å². The molecule has 0 saturated heterocycles. The van der Waals surface area contributed by atoms with Crippen molar-refractivity contribution >= 4 is 5.96 Å². The fraction of sp³-hybridized carbons (Fsp3) is 0.632.